The van der Waals surface area contributed by atoms with Gasteiger partial charge in [0.15, 0.2) is 0 Å². The lowest BCUT2D eigenvalue weighted by Gasteiger charge is -2.10. The Kier molecular flexibility index (Phi) is 9.07. The maximum Gasteiger partial charge on any atom is 0.261 e. The number of sulfonamides is 1. The topological polar surface area (TPSA) is 111 Å². The van der Waals surface area contributed by atoms with Crippen molar-refractivity contribution in [2.75, 3.05) is 24.4 Å². The molecule has 0 heterocycles. The van der Waals surface area contributed by atoms with Gasteiger partial charge >= 0.3 is 0 Å². The first-order valence-corrected chi connectivity index (χ1v) is 9.78. The van der Waals surface area contributed by atoms with Gasteiger partial charge in [-0.3, -0.25) is 9.52 Å². The summed E-state index contributed by atoms with van der Waals surface area (Å²) in [6.07, 6.45) is 0.700. The SMILES string of the molecule is CCOc1ccc(S(=O)(=O)Nc2ccc(C(=O)NCCCN)cc2)cc1.Cl. The van der Waals surface area contributed by atoms with Crippen LogP contribution in [0.4, 0.5) is 5.69 Å². The highest BCUT2D eigenvalue weighted by molar-refractivity contribution is 7.92. The summed E-state index contributed by atoms with van der Waals surface area (Å²) in [4.78, 5) is 12.0. The number of nitrogens with one attached hydrogen (secondary N) is 2. The van der Waals surface area contributed by atoms with Gasteiger partial charge in [0.25, 0.3) is 15.9 Å². The molecule has 7 nitrogen and oxygen atoms in total. The zero-order valence-corrected chi connectivity index (χ0v) is 16.6. The fourth-order valence-corrected chi connectivity index (χ4v) is 3.25. The third-order valence-electron chi connectivity index (χ3n) is 3.51. The van der Waals surface area contributed by atoms with Crippen LogP contribution < -0.4 is 20.5 Å². The van der Waals surface area contributed by atoms with Crippen LogP contribution in [-0.4, -0.2) is 34.0 Å². The molecule has 0 bridgehead atoms. The van der Waals surface area contributed by atoms with Crippen molar-refractivity contribution in [3.05, 3.63) is 54.1 Å². The normalized spacial score (nSPS) is 10.6. The van der Waals surface area contributed by atoms with Gasteiger partial charge in [-0.25, -0.2) is 8.42 Å². The maximum absolute atomic E-state index is 12.4. The van der Waals surface area contributed by atoms with E-state index in [1.165, 1.54) is 12.1 Å². The van der Waals surface area contributed by atoms with Crippen molar-refractivity contribution < 1.29 is 17.9 Å². The summed E-state index contributed by atoms with van der Waals surface area (Å²) >= 11 is 0. The van der Waals surface area contributed by atoms with E-state index in [0.717, 1.165) is 0 Å². The Hall–Kier alpha value is -2.29. The molecule has 0 aliphatic heterocycles. The number of anilines is 1. The van der Waals surface area contributed by atoms with Crippen molar-refractivity contribution in [2.45, 2.75) is 18.2 Å². The molecule has 148 valence electrons. The van der Waals surface area contributed by atoms with E-state index in [9.17, 15) is 13.2 Å². The van der Waals surface area contributed by atoms with Gasteiger partial charge in [0.1, 0.15) is 5.75 Å². The van der Waals surface area contributed by atoms with Crippen molar-refractivity contribution in [1.82, 2.24) is 5.32 Å². The third-order valence-corrected chi connectivity index (χ3v) is 4.91. The van der Waals surface area contributed by atoms with E-state index in [1.807, 2.05) is 6.92 Å². The van der Waals surface area contributed by atoms with Gasteiger partial charge in [-0.15, -0.1) is 12.4 Å². The predicted molar refractivity (Wildman–Crippen MR) is 108 cm³/mol. The molecule has 9 heteroatoms. The molecule has 0 atom stereocenters. The molecule has 0 aromatic heterocycles. The molecule has 0 saturated carbocycles. The molecule has 0 fully saturated rings. The van der Waals surface area contributed by atoms with Crippen molar-refractivity contribution in [2.24, 2.45) is 5.73 Å². The lowest BCUT2D eigenvalue weighted by molar-refractivity contribution is 0.0953. The molecule has 27 heavy (non-hydrogen) atoms. The van der Waals surface area contributed by atoms with Crippen LogP contribution in [0.5, 0.6) is 5.75 Å². The minimum atomic E-state index is -3.72. The van der Waals surface area contributed by atoms with Crippen LogP contribution >= 0.6 is 12.4 Å². The molecule has 2 aromatic rings. The number of hydrogen-bond donors (Lipinski definition) is 3. The van der Waals surface area contributed by atoms with Gasteiger partial charge in [0.2, 0.25) is 0 Å². The van der Waals surface area contributed by atoms with E-state index in [4.69, 9.17) is 10.5 Å². The fourth-order valence-electron chi connectivity index (χ4n) is 2.19. The van der Waals surface area contributed by atoms with E-state index >= 15 is 0 Å². The van der Waals surface area contributed by atoms with Gasteiger partial charge in [0, 0.05) is 17.8 Å². The number of benzene rings is 2. The van der Waals surface area contributed by atoms with Crippen molar-refractivity contribution in [3.8, 4) is 5.75 Å². The molecular weight excluding hydrogens is 390 g/mol. The Balaban J connectivity index is 0.00000364. The summed E-state index contributed by atoms with van der Waals surface area (Å²) in [6, 6.07) is 12.4. The number of nitrogens with two attached hydrogens (primary N) is 1. The van der Waals surface area contributed by atoms with Crippen LogP contribution in [-0.2, 0) is 10.0 Å². The van der Waals surface area contributed by atoms with Gasteiger partial charge in [0.05, 0.1) is 11.5 Å². The summed E-state index contributed by atoms with van der Waals surface area (Å²) in [5.74, 6) is 0.385. The van der Waals surface area contributed by atoms with Gasteiger partial charge in [-0.2, -0.15) is 0 Å². The zero-order chi connectivity index (χ0) is 19.0. The summed E-state index contributed by atoms with van der Waals surface area (Å²) in [6.45, 7) is 3.37. The fraction of sp³-hybridized carbons (Fsp3) is 0.278. The number of halogens is 1. The van der Waals surface area contributed by atoms with Crippen molar-refractivity contribution in [1.29, 1.82) is 0 Å². The van der Waals surface area contributed by atoms with E-state index < -0.39 is 10.0 Å². The maximum atomic E-state index is 12.4. The predicted octanol–water partition coefficient (Wildman–Crippen LogP) is 2.39. The summed E-state index contributed by atoms with van der Waals surface area (Å²) in [5, 5.41) is 2.74. The van der Waals surface area contributed by atoms with E-state index in [0.29, 0.717) is 43.1 Å². The van der Waals surface area contributed by atoms with Crippen LogP contribution in [0.15, 0.2) is 53.4 Å². The highest BCUT2D eigenvalue weighted by Gasteiger charge is 2.14. The Morgan fingerprint density at radius 2 is 1.70 bits per heavy atom. The average molecular weight is 414 g/mol. The van der Waals surface area contributed by atoms with Crippen molar-refractivity contribution in [3.63, 3.8) is 0 Å². The first-order chi connectivity index (χ1) is 12.5. The molecular formula is C18H24ClN3O4S. The molecule has 0 radical (unpaired) electrons. The smallest absolute Gasteiger partial charge is 0.261 e. The Morgan fingerprint density at radius 3 is 2.26 bits per heavy atom. The highest BCUT2D eigenvalue weighted by atomic mass is 35.5. The Bertz CT molecular complexity index is 825. The Labute approximate surface area is 165 Å². The lowest BCUT2D eigenvalue weighted by atomic mass is 10.2. The van der Waals surface area contributed by atoms with E-state index in [-0.39, 0.29) is 23.2 Å². The third kappa shape index (κ3) is 6.74. The zero-order valence-electron chi connectivity index (χ0n) is 15.0. The molecule has 0 saturated heterocycles. The van der Waals surface area contributed by atoms with Crippen molar-refractivity contribution >= 4 is 34.0 Å². The molecule has 0 aliphatic carbocycles. The van der Waals surface area contributed by atoms with E-state index in [2.05, 4.69) is 10.0 Å². The second kappa shape index (κ2) is 10.8. The number of ether oxygens (including phenoxy) is 1. The van der Waals surface area contributed by atoms with Gasteiger partial charge in [-0.05, 0) is 68.4 Å². The second-order valence-electron chi connectivity index (χ2n) is 5.49. The molecule has 0 spiro atoms. The molecule has 2 aromatic carbocycles. The van der Waals surface area contributed by atoms with Crippen LogP contribution in [0.1, 0.15) is 23.7 Å². The second-order valence-corrected chi connectivity index (χ2v) is 7.17. The first kappa shape index (κ1) is 22.8. The van der Waals surface area contributed by atoms with Crippen LogP contribution in [0.2, 0.25) is 0 Å². The average Bonchev–Trinajstić information content (AvgIpc) is 2.63. The van der Waals surface area contributed by atoms with Crippen LogP contribution in [0.25, 0.3) is 0 Å². The van der Waals surface area contributed by atoms with E-state index in [1.54, 1.807) is 36.4 Å². The first-order valence-electron chi connectivity index (χ1n) is 8.30. The van der Waals surface area contributed by atoms with Crippen LogP contribution in [0, 0.1) is 0 Å². The molecule has 2 rings (SSSR count). The summed E-state index contributed by atoms with van der Waals surface area (Å²) in [7, 11) is -3.72. The molecule has 4 N–H and O–H groups in total. The number of carbonyl (C=O) groups is 1. The standard InChI is InChI=1S/C18H23N3O4S.ClH/c1-2-25-16-8-10-17(11-9-16)26(23,24)21-15-6-4-14(5-7-15)18(22)20-13-3-12-19;/h4-11,21H,2-3,12-13,19H2,1H3,(H,20,22);1H. The number of rotatable bonds is 9. The quantitative estimate of drug-likeness (QED) is 0.546. The Morgan fingerprint density at radius 1 is 1.07 bits per heavy atom. The van der Waals surface area contributed by atoms with Gasteiger partial charge < -0.3 is 15.8 Å². The minimum Gasteiger partial charge on any atom is -0.494 e. The highest BCUT2D eigenvalue weighted by Crippen LogP contribution is 2.19. The van der Waals surface area contributed by atoms with Crippen LogP contribution in [0.3, 0.4) is 0 Å². The number of amides is 1. The summed E-state index contributed by atoms with van der Waals surface area (Å²) in [5.41, 5.74) is 6.20. The lowest BCUT2D eigenvalue weighted by Crippen LogP contribution is -2.25. The minimum absolute atomic E-state index is 0. The molecule has 0 unspecified atom stereocenters. The summed E-state index contributed by atoms with van der Waals surface area (Å²) < 4.78 is 32.6. The largest absolute Gasteiger partial charge is 0.494 e. The molecule has 1 amide bonds. The van der Waals surface area contributed by atoms with Gasteiger partial charge in [-0.1, -0.05) is 0 Å². The monoisotopic (exact) mass is 413 g/mol. The number of hydrogen-bond acceptors (Lipinski definition) is 5. The number of carbonyl (C=O) groups excluding carboxylic acids is 1. The molecule has 0 aliphatic rings.